The maximum Gasteiger partial charge on any atom is 0.416 e. The van der Waals surface area contributed by atoms with Gasteiger partial charge >= 0.3 is 12.1 Å². The van der Waals surface area contributed by atoms with Gasteiger partial charge in [0, 0.05) is 16.2 Å². The fourth-order valence-electron chi connectivity index (χ4n) is 9.55. The Morgan fingerprint density at radius 2 is 0.566 bits per heavy atom. The molecule has 12 heteroatoms. The fraction of sp³-hybridized carbons (Fsp3) is 0.606. The van der Waals surface area contributed by atoms with E-state index in [1.165, 1.54) is 57.5 Å². The first kappa shape index (κ1) is 76.0. The van der Waals surface area contributed by atoms with Crippen molar-refractivity contribution in [3.8, 4) is 0 Å². The Morgan fingerprint density at radius 3 is 0.759 bits per heavy atom. The summed E-state index contributed by atoms with van der Waals surface area (Å²) in [5.74, 6) is -0.947. The molecule has 4 atom stereocenters. The van der Waals surface area contributed by atoms with Gasteiger partial charge in [-0.05, 0) is 189 Å². The van der Waals surface area contributed by atoms with Crippen LogP contribution < -0.4 is 0 Å². The summed E-state index contributed by atoms with van der Waals surface area (Å²) in [5.41, 5.74) is 8.35. The summed E-state index contributed by atoms with van der Waals surface area (Å²) >= 11 is 0. The topological polar surface area (TPSA) is 169 Å². The van der Waals surface area contributed by atoms with Gasteiger partial charge in [0.2, 0.25) is 0 Å². The molecule has 0 aliphatic carbocycles. The molecule has 0 aromatic heterocycles. The van der Waals surface area contributed by atoms with E-state index in [9.17, 15) is 57.9 Å². The molecule has 0 fully saturated rings. The molecule has 0 bridgehead atoms. The highest BCUT2D eigenvalue weighted by atomic mass is 19.4. The smallest absolute Gasteiger partial charge is 0.416 e. The molecular weight excluding hydrogens is 1050 g/mol. The number of carboxylic acids is 1. The van der Waals surface area contributed by atoms with E-state index in [2.05, 4.69) is 132 Å². The minimum Gasteiger partial charge on any atom is -0.481 e. The number of carboxylic acid groups (broad SMARTS) is 1. The molecule has 0 aliphatic rings. The Balaban J connectivity index is 0.000000554. The van der Waals surface area contributed by atoms with Crippen molar-refractivity contribution in [1.29, 1.82) is 0 Å². The summed E-state index contributed by atoms with van der Waals surface area (Å²) in [5, 5.41) is 46.7. The van der Waals surface area contributed by atoms with Gasteiger partial charge in [-0.1, -0.05) is 171 Å². The average molecular weight is 1160 g/mol. The van der Waals surface area contributed by atoms with Gasteiger partial charge < -0.3 is 25.5 Å². The average Bonchev–Trinajstić information content (AvgIpc) is 3.57. The normalized spacial score (nSPS) is 15.0. The highest BCUT2D eigenvalue weighted by Gasteiger charge is 2.37. The van der Waals surface area contributed by atoms with Crippen molar-refractivity contribution in [2.75, 3.05) is 26.4 Å². The van der Waals surface area contributed by atoms with Gasteiger partial charge in [-0.25, -0.2) is 0 Å². The van der Waals surface area contributed by atoms with Crippen LogP contribution in [-0.4, -0.2) is 75.3 Å². The zero-order valence-electron chi connectivity index (χ0n) is 54.9. The molecule has 83 heavy (non-hydrogen) atoms. The zero-order valence-corrected chi connectivity index (χ0v) is 54.9. The number of carbonyl (C=O) groups excluding carboxylic acids is 3. The Bertz CT molecular complexity index is 2570. The molecule has 0 radical (unpaired) electrons. The summed E-state index contributed by atoms with van der Waals surface area (Å²) in [4.78, 5) is 46.1. The van der Waals surface area contributed by atoms with E-state index >= 15 is 0 Å². The number of benzene rings is 4. The summed E-state index contributed by atoms with van der Waals surface area (Å²) in [6.45, 7) is 42.1. The Morgan fingerprint density at radius 1 is 0.349 bits per heavy atom. The van der Waals surface area contributed by atoms with Crippen molar-refractivity contribution in [2.24, 2.45) is 21.7 Å². The maximum atomic E-state index is 13.2. The fourth-order valence-corrected chi connectivity index (χ4v) is 9.55. The molecule has 0 saturated heterocycles. The van der Waals surface area contributed by atoms with Crippen LogP contribution in [0.25, 0.3) is 0 Å². The van der Waals surface area contributed by atoms with Crippen molar-refractivity contribution in [3.63, 3.8) is 0 Å². The Hall–Kier alpha value is -5.01. The number of ketones is 3. The van der Waals surface area contributed by atoms with Crippen LogP contribution in [-0.2, 0) is 72.7 Å². The van der Waals surface area contributed by atoms with Crippen LogP contribution >= 0.6 is 0 Å². The molecule has 2 unspecified atom stereocenters. The largest absolute Gasteiger partial charge is 0.481 e. The van der Waals surface area contributed by atoms with E-state index in [0.717, 1.165) is 30.0 Å². The van der Waals surface area contributed by atoms with Crippen LogP contribution in [0.4, 0.5) is 13.2 Å². The molecule has 466 valence electrons. The van der Waals surface area contributed by atoms with Crippen LogP contribution in [0, 0.1) is 42.4 Å². The lowest BCUT2D eigenvalue weighted by Crippen LogP contribution is -2.32. The summed E-state index contributed by atoms with van der Waals surface area (Å²) in [6, 6.07) is 23.5. The first-order chi connectivity index (χ1) is 37.6. The van der Waals surface area contributed by atoms with Gasteiger partial charge in [0.15, 0.2) is 0 Å². The standard InChI is InChI=1S/C18H25F3O2.2C18H28O2.C17H26O3/c1-12(23)17(5,11-22)9-8-13-6-7-14(18(19,20)21)15(10-13)16(2,3)4;2*1-13-7-8-15(11-16(13)17(3,4)5)9-10-18(6,12-19)14(2)20;1-12-6-7-13(10-14(12)16(2,3)4)8-9-17(5,11-18)15(19)20/h6-7,10,22H,8-9,11H2,1-5H3;2*7-8,11,19H,9-10,12H2,1-6H3;6-7,10,18H,8-9,11H2,1-5H3,(H,19,20)/t17-;18-;;/m11../s1. The van der Waals surface area contributed by atoms with Gasteiger partial charge in [-0.15, -0.1) is 0 Å². The highest BCUT2D eigenvalue weighted by Crippen LogP contribution is 2.39. The lowest BCUT2D eigenvalue weighted by Gasteiger charge is -2.26. The maximum absolute atomic E-state index is 13.2. The molecular formula is C71H107F3O9. The number of hydrogen-bond donors (Lipinski definition) is 5. The van der Waals surface area contributed by atoms with Gasteiger partial charge in [-0.2, -0.15) is 13.2 Å². The van der Waals surface area contributed by atoms with Crippen molar-refractivity contribution < 1.29 is 57.9 Å². The number of halogens is 3. The highest BCUT2D eigenvalue weighted by molar-refractivity contribution is 5.83. The van der Waals surface area contributed by atoms with Crippen molar-refractivity contribution in [3.05, 3.63) is 140 Å². The van der Waals surface area contributed by atoms with E-state index in [1.54, 1.807) is 54.5 Å². The second kappa shape index (κ2) is 30.4. The van der Waals surface area contributed by atoms with Crippen molar-refractivity contribution in [2.45, 2.75) is 232 Å². The van der Waals surface area contributed by atoms with E-state index in [1.807, 2.05) is 19.9 Å². The number of carbonyl (C=O) groups is 4. The third-order valence-electron chi connectivity index (χ3n) is 16.9. The van der Waals surface area contributed by atoms with Crippen LogP contribution in [0.3, 0.4) is 0 Å². The molecule has 0 saturated carbocycles. The van der Waals surface area contributed by atoms with Crippen molar-refractivity contribution in [1.82, 2.24) is 0 Å². The zero-order chi connectivity index (χ0) is 64.7. The predicted molar refractivity (Wildman–Crippen MR) is 334 cm³/mol. The monoisotopic (exact) mass is 1160 g/mol. The molecule has 4 aromatic carbocycles. The molecule has 4 aromatic rings. The Kier molecular flexibility index (Phi) is 27.8. The van der Waals surface area contributed by atoms with Gasteiger partial charge in [-0.3, -0.25) is 19.2 Å². The number of Topliss-reactive ketones (excluding diaryl/α,β-unsaturated/α-hetero) is 3. The number of rotatable bonds is 20. The third kappa shape index (κ3) is 23.1. The van der Waals surface area contributed by atoms with Crippen LogP contribution in [0.1, 0.15) is 224 Å². The second-order valence-electron chi connectivity index (χ2n) is 28.7. The summed E-state index contributed by atoms with van der Waals surface area (Å²) in [6.07, 6.45) is 0.556. The molecule has 9 nitrogen and oxygen atoms in total. The molecule has 4 rings (SSSR count). The van der Waals surface area contributed by atoms with Crippen LogP contribution in [0.5, 0.6) is 0 Å². The quantitative estimate of drug-likeness (QED) is 0.0578. The van der Waals surface area contributed by atoms with E-state index in [-0.39, 0.29) is 65.6 Å². The van der Waals surface area contributed by atoms with Gasteiger partial charge in [0.1, 0.15) is 17.3 Å². The lowest BCUT2D eigenvalue weighted by atomic mass is 9.79. The van der Waals surface area contributed by atoms with Crippen LogP contribution in [0.2, 0.25) is 0 Å². The SMILES string of the molecule is CC(=O)C(C)(CO)CCc1ccc(C)c(C(C)(C)C)c1.CC(=O)[C@@](C)(CO)CCc1ccc(C(F)(F)F)c(C(C)(C)C)c1.CC(=O)[C@@](C)(CO)CCc1ccc(C)c(C(C)(C)C)c1.Cc1ccc(CCC(C)(CO)C(=O)O)cc1C(C)(C)C. The summed E-state index contributed by atoms with van der Waals surface area (Å²) < 4.78 is 39.5. The lowest BCUT2D eigenvalue weighted by molar-refractivity contribution is -0.150. The number of hydrogen-bond acceptors (Lipinski definition) is 8. The molecule has 5 N–H and O–H groups in total. The number of alkyl halides is 3. The molecule has 0 heterocycles. The number of aliphatic hydroxyl groups excluding tert-OH is 4. The Labute approximate surface area is 498 Å². The van der Waals surface area contributed by atoms with Crippen LogP contribution in [0.15, 0.2) is 72.8 Å². The van der Waals surface area contributed by atoms with Gasteiger partial charge in [0.25, 0.3) is 0 Å². The minimum atomic E-state index is -4.39. The van der Waals surface area contributed by atoms with E-state index in [4.69, 9.17) is 0 Å². The number of aryl methyl sites for hydroxylation is 7. The molecule has 0 amide bonds. The number of aliphatic hydroxyl groups is 4. The van der Waals surface area contributed by atoms with Crippen molar-refractivity contribution >= 4 is 23.3 Å². The van der Waals surface area contributed by atoms with E-state index in [0.29, 0.717) is 38.5 Å². The van der Waals surface area contributed by atoms with Gasteiger partial charge in [0.05, 0.1) is 37.4 Å². The number of aliphatic carboxylic acids is 1. The second-order valence-corrected chi connectivity index (χ2v) is 28.7. The third-order valence-corrected chi connectivity index (χ3v) is 16.9. The molecule has 0 aliphatic heterocycles. The minimum absolute atomic E-state index is 0.0585. The summed E-state index contributed by atoms with van der Waals surface area (Å²) in [7, 11) is 0. The molecule has 0 spiro atoms. The van der Waals surface area contributed by atoms with E-state index < -0.39 is 44.8 Å². The predicted octanol–water partition coefficient (Wildman–Crippen LogP) is 15.5. The first-order valence-electron chi connectivity index (χ1n) is 29.3. The first-order valence-corrected chi connectivity index (χ1v) is 29.3.